The molecule has 86 valence electrons. The number of hydrogen-bond donors (Lipinski definition) is 2. The van der Waals surface area contributed by atoms with Gasteiger partial charge in [-0.15, -0.1) is 0 Å². The second-order valence-corrected chi connectivity index (χ2v) is 3.54. The summed E-state index contributed by atoms with van der Waals surface area (Å²) in [7, 11) is 0. The van der Waals surface area contributed by atoms with Crippen molar-refractivity contribution < 1.29 is 9.90 Å². The largest absolute Gasteiger partial charge is 0.507 e. The molecule has 4 heteroatoms. The predicted molar refractivity (Wildman–Crippen MR) is 61.8 cm³/mol. The molecule has 0 fully saturated rings. The van der Waals surface area contributed by atoms with Crippen LogP contribution in [0, 0.1) is 6.92 Å². The van der Waals surface area contributed by atoms with E-state index < -0.39 is 0 Å². The van der Waals surface area contributed by atoms with Gasteiger partial charge in [-0.2, -0.15) is 0 Å². The van der Waals surface area contributed by atoms with Crippen LogP contribution in [0.25, 0.3) is 0 Å². The van der Waals surface area contributed by atoms with Gasteiger partial charge in [-0.3, -0.25) is 9.59 Å². The summed E-state index contributed by atoms with van der Waals surface area (Å²) < 4.78 is 0. The van der Waals surface area contributed by atoms with E-state index >= 15 is 0 Å². The number of H-pyrrole nitrogens is 1. The lowest BCUT2D eigenvalue weighted by Gasteiger charge is -2.04. The molecule has 0 unspecified atom stereocenters. The standard InChI is InChI=1S/C12H15NO3/c1-3-4-5-6-10(14)9-7-13-12(16)8(2)11(9)15/h3-4,7H,5-6H2,1-2H3,(H2,13,15,16)/b4-3+. The number of rotatable bonds is 4. The summed E-state index contributed by atoms with van der Waals surface area (Å²) in [6.07, 6.45) is 5.97. The van der Waals surface area contributed by atoms with Crippen molar-refractivity contribution in [3.63, 3.8) is 0 Å². The number of hydrogen-bond acceptors (Lipinski definition) is 3. The van der Waals surface area contributed by atoms with Gasteiger partial charge in [-0.25, -0.2) is 0 Å². The molecule has 0 radical (unpaired) electrons. The van der Waals surface area contributed by atoms with Crippen molar-refractivity contribution >= 4 is 5.78 Å². The van der Waals surface area contributed by atoms with E-state index in [1.807, 2.05) is 19.1 Å². The van der Waals surface area contributed by atoms with Crippen LogP contribution in [0.1, 0.15) is 35.7 Å². The molecule has 0 saturated heterocycles. The van der Waals surface area contributed by atoms with Gasteiger partial charge in [0, 0.05) is 12.6 Å². The van der Waals surface area contributed by atoms with E-state index in [2.05, 4.69) is 4.98 Å². The van der Waals surface area contributed by atoms with E-state index in [0.717, 1.165) is 0 Å². The Bertz CT molecular complexity index is 472. The maximum absolute atomic E-state index is 11.7. The van der Waals surface area contributed by atoms with Gasteiger partial charge in [-0.1, -0.05) is 12.2 Å². The first-order chi connectivity index (χ1) is 7.57. The summed E-state index contributed by atoms with van der Waals surface area (Å²) in [4.78, 5) is 25.3. The molecule has 0 atom stereocenters. The number of aromatic nitrogens is 1. The lowest BCUT2D eigenvalue weighted by molar-refractivity contribution is 0.0980. The molecular formula is C12H15NO3. The zero-order valence-electron chi connectivity index (χ0n) is 9.41. The minimum absolute atomic E-state index is 0.171. The van der Waals surface area contributed by atoms with E-state index in [1.165, 1.54) is 13.1 Å². The normalized spacial score (nSPS) is 10.9. The van der Waals surface area contributed by atoms with Crippen LogP contribution in [0.5, 0.6) is 5.75 Å². The van der Waals surface area contributed by atoms with Crippen LogP contribution in [0.15, 0.2) is 23.1 Å². The van der Waals surface area contributed by atoms with Crippen molar-refractivity contribution in [1.82, 2.24) is 4.98 Å². The third-order valence-corrected chi connectivity index (χ3v) is 2.37. The molecule has 1 aromatic rings. The first-order valence-electron chi connectivity index (χ1n) is 5.13. The van der Waals surface area contributed by atoms with Crippen molar-refractivity contribution in [1.29, 1.82) is 0 Å². The topological polar surface area (TPSA) is 70.2 Å². The summed E-state index contributed by atoms with van der Waals surface area (Å²) in [6.45, 7) is 3.36. The average Bonchev–Trinajstić information content (AvgIpc) is 2.26. The highest BCUT2D eigenvalue weighted by Gasteiger charge is 2.13. The second kappa shape index (κ2) is 5.30. The number of nitrogens with one attached hydrogen (secondary N) is 1. The van der Waals surface area contributed by atoms with Crippen molar-refractivity contribution in [3.8, 4) is 5.75 Å². The first-order valence-corrected chi connectivity index (χ1v) is 5.13. The molecule has 2 N–H and O–H groups in total. The molecule has 1 aromatic heterocycles. The number of ketones is 1. The van der Waals surface area contributed by atoms with E-state index in [4.69, 9.17) is 0 Å². The third kappa shape index (κ3) is 2.59. The van der Waals surface area contributed by atoms with Gasteiger partial charge in [0.15, 0.2) is 5.78 Å². The summed E-state index contributed by atoms with van der Waals surface area (Å²) in [5.74, 6) is -0.385. The van der Waals surface area contributed by atoms with Crippen molar-refractivity contribution in [2.24, 2.45) is 0 Å². The van der Waals surface area contributed by atoms with Gasteiger partial charge in [0.25, 0.3) is 5.56 Å². The highest BCUT2D eigenvalue weighted by atomic mass is 16.3. The van der Waals surface area contributed by atoms with Gasteiger partial charge >= 0.3 is 0 Å². The molecule has 0 saturated carbocycles. The lowest BCUT2D eigenvalue weighted by Crippen LogP contribution is -2.12. The zero-order chi connectivity index (χ0) is 12.1. The molecule has 16 heavy (non-hydrogen) atoms. The molecule has 0 aliphatic heterocycles. The van der Waals surface area contributed by atoms with Gasteiger partial charge < -0.3 is 10.1 Å². The molecule has 0 aromatic carbocycles. The van der Waals surface area contributed by atoms with Crippen LogP contribution in [-0.4, -0.2) is 15.9 Å². The molecule has 4 nitrogen and oxygen atoms in total. The smallest absolute Gasteiger partial charge is 0.254 e. The molecule has 0 amide bonds. The minimum Gasteiger partial charge on any atom is -0.507 e. The Labute approximate surface area is 93.6 Å². The Kier molecular flexibility index (Phi) is 4.05. The zero-order valence-corrected chi connectivity index (χ0v) is 9.41. The average molecular weight is 221 g/mol. The van der Waals surface area contributed by atoms with E-state index in [9.17, 15) is 14.7 Å². The maximum Gasteiger partial charge on any atom is 0.254 e. The molecule has 0 aliphatic carbocycles. The molecule has 0 bridgehead atoms. The van der Waals surface area contributed by atoms with Crippen LogP contribution in [0.4, 0.5) is 0 Å². The monoisotopic (exact) mass is 221 g/mol. The van der Waals surface area contributed by atoms with Crippen molar-refractivity contribution in [2.75, 3.05) is 0 Å². The first kappa shape index (κ1) is 12.2. The van der Waals surface area contributed by atoms with Gasteiger partial charge in [0.1, 0.15) is 5.75 Å². The second-order valence-electron chi connectivity index (χ2n) is 3.54. The highest BCUT2D eigenvalue weighted by molar-refractivity contribution is 5.98. The summed E-state index contributed by atoms with van der Waals surface area (Å²) in [5, 5.41) is 9.65. The van der Waals surface area contributed by atoms with E-state index in [-0.39, 0.29) is 28.2 Å². The van der Waals surface area contributed by atoms with E-state index in [1.54, 1.807) is 0 Å². The SMILES string of the molecule is C/C=C/CCC(=O)c1c[nH]c(=O)c(C)c1O. The number of Topliss-reactive ketones (excluding diaryl/α,β-unsaturated/α-hetero) is 1. The molecular weight excluding hydrogens is 206 g/mol. The van der Waals surface area contributed by atoms with Crippen LogP contribution in [0.2, 0.25) is 0 Å². The van der Waals surface area contributed by atoms with Gasteiger partial charge in [0.05, 0.1) is 11.1 Å². The summed E-state index contributed by atoms with van der Waals surface area (Å²) >= 11 is 0. The van der Waals surface area contributed by atoms with Crippen molar-refractivity contribution in [3.05, 3.63) is 39.8 Å². The molecule has 0 aliphatic rings. The number of allylic oxidation sites excluding steroid dienone is 2. The summed E-state index contributed by atoms with van der Waals surface area (Å²) in [6, 6.07) is 0. The Hall–Kier alpha value is -1.84. The van der Waals surface area contributed by atoms with Crippen LogP contribution in [0.3, 0.4) is 0 Å². The molecule has 1 heterocycles. The van der Waals surface area contributed by atoms with Gasteiger partial charge in [0.2, 0.25) is 0 Å². The fraction of sp³-hybridized carbons (Fsp3) is 0.333. The van der Waals surface area contributed by atoms with E-state index in [0.29, 0.717) is 12.8 Å². The van der Waals surface area contributed by atoms with Gasteiger partial charge in [-0.05, 0) is 20.3 Å². The maximum atomic E-state index is 11.7. The molecule has 0 spiro atoms. The van der Waals surface area contributed by atoms with Crippen LogP contribution < -0.4 is 5.56 Å². The Morgan fingerprint density at radius 3 is 2.88 bits per heavy atom. The lowest BCUT2D eigenvalue weighted by atomic mass is 10.1. The number of carbonyl (C=O) groups is 1. The third-order valence-electron chi connectivity index (χ3n) is 2.37. The van der Waals surface area contributed by atoms with Crippen molar-refractivity contribution in [2.45, 2.75) is 26.7 Å². The number of aromatic hydroxyl groups is 1. The fourth-order valence-corrected chi connectivity index (χ4v) is 1.35. The Morgan fingerprint density at radius 1 is 1.56 bits per heavy atom. The van der Waals surface area contributed by atoms with Crippen LogP contribution >= 0.6 is 0 Å². The number of aromatic amines is 1. The quantitative estimate of drug-likeness (QED) is 0.602. The predicted octanol–water partition coefficient (Wildman–Crippen LogP) is 1.93. The minimum atomic E-state index is -0.373. The summed E-state index contributed by atoms with van der Waals surface area (Å²) in [5.41, 5.74) is -0.0130. The highest BCUT2D eigenvalue weighted by Crippen LogP contribution is 2.19. The fourth-order valence-electron chi connectivity index (χ4n) is 1.35. The molecule has 1 rings (SSSR count). The van der Waals surface area contributed by atoms with Crippen LogP contribution in [-0.2, 0) is 0 Å². The number of pyridine rings is 1. The Balaban J connectivity index is 2.92. The number of carbonyl (C=O) groups excluding carboxylic acids is 1. The Morgan fingerprint density at radius 2 is 2.25 bits per heavy atom.